The van der Waals surface area contributed by atoms with Crippen molar-refractivity contribution in [2.45, 2.75) is 24.1 Å². The first kappa shape index (κ1) is 19.6. The van der Waals surface area contributed by atoms with Crippen molar-refractivity contribution < 1.29 is 40.1 Å². The number of aromatic nitrogens is 4. The van der Waals surface area contributed by atoms with Gasteiger partial charge in [0.25, 0.3) is 5.60 Å². The highest BCUT2D eigenvalue weighted by Gasteiger charge is 2.69. The SMILES string of the molecule is OC(O)(O)C1(C(O)(O)O)OCCn2c1nc1c(N3CCOCC3)nc(Cl)nc12. The molecule has 0 aliphatic carbocycles. The van der Waals surface area contributed by atoms with Gasteiger partial charge < -0.3 is 49.6 Å². The second-order valence-corrected chi connectivity index (χ2v) is 6.81. The lowest BCUT2D eigenvalue weighted by Gasteiger charge is -2.45. The zero-order valence-corrected chi connectivity index (χ0v) is 15.1. The highest BCUT2D eigenvalue weighted by Crippen LogP contribution is 2.44. The molecule has 0 radical (unpaired) electrons. The molecule has 2 aliphatic rings. The molecule has 28 heavy (non-hydrogen) atoms. The molecule has 4 rings (SSSR count). The molecule has 2 aliphatic heterocycles. The van der Waals surface area contributed by atoms with E-state index in [1.165, 1.54) is 4.57 Å². The maximum absolute atomic E-state index is 9.84. The fraction of sp³-hybridized carbons (Fsp3) is 0.643. The van der Waals surface area contributed by atoms with Crippen LogP contribution in [0, 0.1) is 0 Å². The average molecular weight is 420 g/mol. The van der Waals surface area contributed by atoms with E-state index in [1.807, 2.05) is 4.90 Å². The summed E-state index contributed by atoms with van der Waals surface area (Å²) >= 11 is 6.04. The summed E-state index contributed by atoms with van der Waals surface area (Å²) in [6, 6.07) is 0. The van der Waals surface area contributed by atoms with Gasteiger partial charge in [-0.1, -0.05) is 0 Å². The van der Waals surface area contributed by atoms with E-state index in [4.69, 9.17) is 21.1 Å². The van der Waals surface area contributed by atoms with Gasteiger partial charge in [-0.3, -0.25) is 0 Å². The van der Waals surface area contributed by atoms with Crippen LogP contribution in [0.15, 0.2) is 0 Å². The number of halogens is 1. The van der Waals surface area contributed by atoms with Crippen molar-refractivity contribution >= 4 is 28.6 Å². The van der Waals surface area contributed by atoms with E-state index in [-0.39, 0.29) is 29.6 Å². The van der Waals surface area contributed by atoms with Gasteiger partial charge in [-0.25, -0.2) is 4.98 Å². The van der Waals surface area contributed by atoms with Crippen LogP contribution in [0.5, 0.6) is 0 Å². The summed E-state index contributed by atoms with van der Waals surface area (Å²) in [5.74, 6) is -8.12. The van der Waals surface area contributed by atoms with E-state index in [0.29, 0.717) is 32.1 Å². The number of anilines is 1. The molecule has 0 aromatic carbocycles. The molecule has 1 saturated heterocycles. The number of hydrogen-bond acceptors (Lipinski definition) is 12. The fourth-order valence-corrected chi connectivity index (χ4v) is 3.67. The van der Waals surface area contributed by atoms with Gasteiger partial charge in [0.1, 0.15) is 0 Å². The van der Waals surface area contributed by atoms with Gasteiger partial charge in [0, 0.05) is 19.6 Å². The predicted octanol–water partition coefficient (Wildman–Crippen LogP) is -3.20. The van der Waals surface area contributed by atoms with E-state index < -0.39 is 23.4 Å². The molecular weight excluding hydrogens is 402 g/mol. The largest absolute Gasteiger partial charge is 0.378 e. The van der Waals surface area contributed by atoms with Gasteiger partial charge in [-0.05, 0) is 11.6 Å². The van der Waals surface area contributed by atoms with Crippen molar-refractivity contribution in [1.29, 1.82) is 0 Å². The zero-order valence-electron chi connectivity index (χ0n) is 14.4. The van der Waals surface area contributed by atoms with Gasteiger partial charge >= 0.3 is 11.9 Å². The maximum atomic E-state index is 9.84. The van der Waals surface area contributed by atoms with E-state index >= 15 is 0 Å². The van der Waals surface area contributed by atoms with Crippen LogP contribution in [0.1, 0.15) is 5.82 Å². The number of aliphatic hydroxyl groups is 6. The molecule has 13 nitrogen and oxygen atoms in total. The number of hydrogen-bond donors (Lipinski definition) is 6. The monoisotopic (exact) mass is 419 g/mol. The molecule has 0 saturated carbocycles. The third-order valence-corrected chi connectivity index (χ3v) is 4.92. The molecule has 6 N–H and O–H groups in total. The van der Waals surface area contributed by atoms with E-state index in [1.54, 1.807) is 0 Å². The number of imidazole rings is 1. The first-order chi connectivity index (χ1) is 13.1. The first-order valence-corrected chi connectivity index (χ1v) is 8.69. The van der Waals surface area contributed by atoms with Crippen molar-refractivity contribution in [2.75, 3.05) is 37.8 Å². The number of ether oxygens (including phenoxy) is 2. The molecule has 2 aromatic heterocycles. The highest BCUT2D eigenvalue weighted by atomic mass is 35.5. The van der Waals surface area contributed by atoms with Crippen molar-refractivity contribution in [3.63, 3.8) is 0 Å². The maximum Gasteiger partial charge on any atom is 0.322 e. The quantitative estimate of drug-likeness (QED) is 0.216. The minimum absolute atomic E-state index is 0.0373. The lowest BCUT2D eigenvalue weighted by atomic mass is 9.94. The molecule has 14 heteroatoms. The lowest BCUT2D eigenvalue weighted by Crippen LogP contribution is -2.69. The van der Waals surface area contributed by atoms with E-state index in [0.717, 1.165) is 0 Å². The predicted molar refractivity (Wildman–Crippen MR) is 89.8 cm³/mol. The Balaban J connectivity index is 2.00. The Morgan fingerprint density at radius 2 is 1.54 bits per heavy atom. The fourth-order valence-electron chi connectivity index (χ4n) is 3.51. The van der Waals surface area contributed by atoms with Crippen LogP contribution in [0.3, 0.4) is 0 Å². The van der Waals surface area contributed by atoms with Crippen LogP contribution in [0.2, 0.25) is 5.28 Å². The number of fused-ring (bicyclic) bond motifs is 3. The molecule has 0 atom stereocenters. The van der Waals surface area contributed by atoms with Crippen LogP contribution >= 0.6 is 11.6 Å². The van der Waals surface area contributed by atoms with E-state index in [9.17, 15) is 30.6 Å². The molecule has 154 valence electrons. The summed E-state index contributed by atoms with van der Waals surface area (Å²) in [6.07, 6.45) is 0. The third kappa shape index (κ3) is 2.75. The lowest BCUT2D eigenvalue weighted by molar-refractivity contribution is -0.513. The summed E-state index contributed by atoms with van der Waals surface area (Å²) in [5.41, 5.74) is -2.98. The minimum Gasteiger partial charge on any atom is -0.378 e. The smallest absolute Gasteiger partial charge is 0.322 e. The topological polar surface area (TPSA) is 187 Å². The molecule has 1 fully saturated rings. The number of rotatable bonds is 3. The van der Waals surface area contributed by atoms with Gasteiger partial charge in [0.2, 0.25) is 5.28 Å². The van der Waals surface area contributed by atoms with Crippen molar-refractivity contribution in [1.82, 2.24) is 19.5 Å². The first-order valence-electron chi connectivity index (χ1n) is 8.31. The van der Waals surface area contributed by atoms with Crippen LogP contribution in [-0.2, 0) is 21.6 Å². The molecule has 0 spiro atoms. The summed E-state index contributed by atoms with van der Waals surface area (Å²) in [7, 11) is 0. The molecule has 0 unspecified atom stereocenters. The van der Waals surface area contributed by atoms with Gasteiger partial charge in [0.15, 0.2) is 22.8 Å². The Bertz CT molecular complexity index is 888. The van der Waals surface area contributed by atoms with Gasteiger partial charge in [-0.15, -0.1) is 0 Å². The Hall–Kier alpha value is -1.68. The summed E-state index contributed by atoms with van der Waals surface area (Å²) < 4.78 is 11.6. The van der Waals surface area contributed by atoms with Gasteiger partial charge in [0.05, 0.1) is 19.8 Å². The summed E-state index contributed by atoms with van der Waals surface area (Å²) in [5, 5.41) is 58.9. The molecular formula is C14H18ClN5O8. The van der Waals surface area contributed by atoms with Crippen LogP contribution < -0.4 is 4.90 Å². The van der Waals surface area contributed by atoms with Crippen molar-refractivity contribution in [2.24, 2.45) is 0 Å². The Labute approximate surface area is 162 Å². The standard InChI is InChI=1S/C14H18ClN5O8/c15-11-17-8(19-1-4-27-5-2-19)7-9(18-11)20-3-6-28-12(10(20)16-7,13(21,22)23)14(24,25)26/h21-26H,1-6H2. The molecule has 4 heterocycles. The molecule has 0 amide bonds. The second-order valence-electron chi connectivity index (χ2n) is 6.48. The van der Waals surface area contributed by atoms with Crippen molar-refractivity contribution in [3.8, 4) is 0 Å². The van der Waals surface area contributed by atoms with E-state index in [2.05, 4.69) is 15.0 Å². The minimum atomic E-state index is -3.92. The Morgan fingerprint density at radius 1 is 0.893 bits per heavy atom. The Kier molecular flexibility index (Phi) is 4.50. The van der Waals surface area contributed by atoms with Crippen molar-refractivity contribution in [3.05, 3.63) is 11.1 Å². The van der Waals surface area contributed by atoms with Gasteiger partial charge in [-0.2, -0.15) is 9.97 Å². The Morgan fingerprint density at radius 3 is 2.14 bits per heavy atom. The van der Waals surface area contributed by atoms with Crippen LogP contribution in [0.25, 0.3) is 11.2 Å². The average Bonchev–Trinajstić information content (AvgIpc) is 2.98. The summed E-state index contributed by atoms with van der Waals surface area (Å²) in [4.78, 5) is 14.2. The highest BCUT2D eigenvalue weighted by molar-refractivity contribution is 6.28. The third-order valence-electron chi connectivity index (χ3n) is 4.75. The molecule has 0 bridgehead atoms. The normalized spacial score (nSPS) is 20.5. The number of morpholine rings is 1. The zero-order chi connectivity index (χ0) is 20.3. The number of nitrogens with zero attached hydrogens (tertiary/aromatic N) is 5. The van der Waals surface area contributed by atoms with Crippen LogP contribution in [-0.4, -0.2) is 95.0 Å². The molecule has 2 aromatic rings. The summed E-state index contributed by atoms with van der Waals surface area (Å²) in [6.45, 7) is 1.50. The van der Waals surface area contributed by atoms with Crippen LogP contribution in [0.4, 0.5) is 5.82 Å². The second kappa shape index (κ2) is 6.41.